The molecule has 8 aromatic carbocycles. The molecular weight excluding hydrogens is 647 g/mol. The molecule has 0 bridgehead atoms. The number of nitrogens with zero attached hydrogens (tertiary/aromatic N) is 1. The van der Waals surface area contributed by atoms with E-state index in [2.05, 4.69) is 170 Å². The average Bonchev–Trinajstić information content (AvgIpc) is 3.61. The Bertz CT molecular complexity index is 2760. The highest BCUT2D eigenvalue weighted by Gasteiger charge is 2.17. The molecule has 53 heavy (non-hydrogen) atoms. The highest BCUT2D eigenvalue weighted by atomic mass is 16.3. The average molecular weight is 686 g/mol. The number of nitrogens with two attached hydrogens (primary N) is 1. The molecule has 0 radical (unpaired) electrons. The Labute approximate surface area is 309 Å². The van der Waals surface area contributed by atoms with Gasteiger partial charge in [-0.2, -0.15) is 0 Å². The van der Waals surface area contributed by atoms with Gasteiger partial charge >= 0.3 is 0 Å². The summed E-state index contributed by atoms with van der Waals surface area (Å²) in [7, 11) is 0. The first kappa shape index (κ1) is 32.4. The Kier molecular flexibility index (Phi) is 8.51. The Balaban J connectivity index is 0.970. The lowest BCUT2D eigenvalue weighted by Crippen LogP contribution is -2.26. The van der Waals surface area contributed by atoms with E-state index in [-0.39, 0.29) is 12.1 Å². The minimum absolute atomic E-state index is 0.0928. The smallest absolute Gasteiger partial charge is 0.136 e. The molecule has 1 heterocycles. The third kappa shape index (κ3) is 6.46. The summed E-state index contributed by atoms with van der Waals surface area (Å²) < 4.78 is 6.15. The van der Waals surface area contributed by atoms with Gasteiger partial charge in [0.15, 0.2) is 0 Å². The molecule has 0 aliphatic heterocycles. The second kappa shape index (κ2) is 13.9. The number of aliphatic imine (C=N–C) groups is 1. The summed E-state index contributed by atoms with van der Waals surface area (Å²) in [6.07, 6.45) is 0. The first-order valence-corrected chi connectivity index (χ1v) is 18.2. The van der Waals surface area contributed by atoms with Gasteiger partial charge in [-0.15, -0.1) is 0 Å². The molecule has 2 atom stereocenters. The molecule has 0 spiro atoms. The van der Waals surface area contributed by atoms with Gasteiger partial charge in [0.2, 0.25) is 0 Å². The molecule has 1 aromatic heterocycles. The minimum Gasteiger partial charge on any atom is -0.456 e. The Morgan fingerprint density at radius 1 is 0.566 bits per heavy atom. The number of furan rings is 1. The van der Waals surface area contributed by atoms with Crippen molar-refractivity contribution < 1.29 is 4.42 Å². The molecule has 0 aliphatic rings. The number of amidine groups is 1. The van der Waals surface area contributed by atoms with E-state index in [1.165, 1.54) is 38.2 Å². The number of hydrogen-bond acceptors (Lipinski definition) is 3. The summed E-state index contributed by atoms with van der Waals surface area (Å²) in [5.41, 5.74) is 16.5. The van der Waals surface area contributed by atoms with Crippen LogP contribution in [0.2, 0.25) is 0 Å². The first-order chi connectivity index (χ1) is 26.1. The number of hydrogen-bond donors (Lipinski definition) is 2. The zero-order valence-electron chi connectivity index (χ0n) is 29.5. The van der Waals surface area contributed by atoms with Gasteiger partial charge in [-0.05, 0) is 86.1 Å². The zero-order valence-corrected chi connectivity index (χ0v) is 29.5. The van der Waals surface area contributed by atoms with E-state index < -0.39 is 0 Å². The van der Waals surface area contributed by atoms with E-state index in [4.69, 9.17) is 15.1 Å². The molecule has 0 saturated carbocycles. The molecular formula is C49H39N3O. The van der Waals surface area contributed by atoms with Crippen LogP contribution in [0.4, 0.5) is 0 Å². The maximum atomic E-state index is 6.78. The van der Waals surface area contributed by atoms with Crippen molar-refractivity contribution in [3.63, 3.8) is 0 Å². The van der Waals surface area contributed by atoms with E-state index in [0.717, 1.165) is 44.2 Å². The van der Waals surface area contributed by atoms with Crippen LogP contribution in [0, 0.1) is 0 Å². The fraction of sp³-hybridized carbons (Fsp3) is 0.0816. The van der Waals surface area contributed by atoms with Crippen LogP contribution in [-0.4, -0.2) is 12.4 Å². The van der Waals surface area contributed by atoms with Gasteiger partial charge in [-0.1, -0.05) is 152 Å². The normalized spacial score (nSPS) is 13.2. The van der Waals surface area contributed by atoms with Gasteiger partial charge < -0.3 is 15.5 Å². The van der Waals surface area contributed by atoms with Crippen LogP contribution in [0.25, 0.3) is 65.7 Å². The van der Waals surface area contributed by atoms with Gasteiger partial charge in [-0.3, -0.25) is 4.99 Å². The number of fused-ring (bicyclic) bond motifs is 5. The highest BCUT2D eigenvalue weighted by molar-refractivity contribution is 6.12. The highest BCUT2D eigenvalue weighted by Crippen LogP contribution is 2.37. The topological polar surface area (TPSA) is 63.5 Å². The van der Waals surface area contributed by atoms with Gasteiger partial charge in [0.25, 0.3) is 0 Å². The van der Waals surface area contributed by atoms with Crippen molar-refractivity contribution in [2.24, 2.45) is 10.7 Å². The van der Waals surface area contributed by atoms with Crippen molar-refractivity contribution in [3.05, 3.63) is 193 Å². The number of para-hydroxylation sites is 1. The fourth-order valence-corrected chi connectivity index (χ4v) is 7.47. The van der Waals surface area contributed by atoms with Gasteiger partial charge in [0, 0.05) is 28.9 Å². The molecule has 4 nitrogen and oxygen atoms in total. The zero-order chi connectivity index (χ0) is 35.7. The summed E-state index contributed by atoms with van der Waals surface area (Å²) >= 11 is 0. The third-order valence-corrected chi connectivity index (χ3v) is 10.5. The van der Waals surface area contributed by atoms with Crippen molar-refractivity contribution in [1.29, 1.82) is 0 Å². The minimum atomic E-state index is -0.187. The standard InChI is InChI=1S/C49H39N3O/c1-32(33-17-23-37(24-18-33)43-14-8-16-47-48(43)44-13-6-7-15-46(44)53-47)51-31-45(42-28-22-35-10-3-5-12-40(35)30-42)52-49(50)38-25-19-36(20-26-38)41-27-21-34-9-2-4-11-39(34)29-41/h2-30,32,45,51H,31H2,1H3,(H2,50,52). The second-order valence-electron chi connectivity index (χ2n) is 13.8. The third-order valence-electron chi connectivity index (χ3n) is 10.5. The number of benzene rings is 8. The molecule has 0 saturated heterocycles. The molecule has 2 unspecified atom stereocenters. The Morgan fingerprint density at radius 3 is 1.94 bits per heavy atom. The number of rotatable bonds is 9. The molecule has 9 rings (SSSR count). The molecule has 0 amide bonds. The fourth-order valence-electron chi connectivity index (χ4n) is 7.47. The molecule has 0 fully saturated rings. The summed E-state index contributed by atoms with van der Waals surface area (Å²) in [6, 6.07) is 61.8. The van der Waals surface area contributed by atoms with Crippen LogP contribution in [0.3, 0.4) is 0 Å². The van der Waals surface area contributed by atoms with E-state index in [1.807, 2.05) is 18.2 Å². The molecule has 3 N–H and O–H groups in total. The second-order valence-corrected chi connectivity index (χ2v) is 13.8. The van der Waals surface area contributed by atoms with Gasteiger partial charge in [0.1, 0.15) is 17.0 Å². The van der Waals surface area contributed by atoms with Crippen molar-refractivity contribution >= 4 is 49.3 Å². The van der Waals surface area contributed by atoms with Crippen molar-refractivity contribution in [3.8, 4) is 22.3 Å². The predicted molar refractivity (Wildman–Crippen MR) is 222 cm³/mol. The predicted octanol–water partition coefficient (Wildman–Crippen LogP) is 12.0. The van der Waals surface area contributed by atoms with Crippen molar-refractivity contribution in [1.82, 2.24) is 5.32 Å². The Morgan fingerprint density at radius 2 is 1.17 bits per heavy atom. The van der Waals surface area contributed by atoms with Gasteiger partial charge in [0.05, 0.1) is 6.04 Å². The molecule has 9 aromatic rings. The largest absolute Gasteiger partial charge is 0.456 e. The van der Waals surface area contributed by atoms with Crippen LogP contribution in [0.1, 0.15) is 35.7 Å². The van der Waals surface area contributed by atoms with Crippen LogP contribution in [-0.2, 0) is 0 Å². The maximum absolute atomic E-state index is 6.78. The molecule has 0 aliphatic carbocycles. The lowest BCUT2D eigenvalue weighted by atomic mass is 9.97. The van der Waals surface area contributed by atoms with Crippen LogP contribution in [0.15, 0.2) is 185 Å². The van der Waals surface area contributed by atoms with Crippen molar-refractivity contribution in [2.45, 2.75) is 19.0 Å². The van der Waals surface area contributed by atoms with Crippen LogP contribution >= 0.6 is 0 Å². The first-order valence-electron chi connectivity index (χ1n) is 18.2. The van der Waals surface area contributed by atoms with E-state index in [9.17, 15) is 0 Å². The Hall–Kier alpha value is -6.49. The number of nitrogens with one attached hydrogen (secondary N) is 1. The lowest BCUT2D eigenvalue weighted by molar-refractivity contribution is 0.528. The van der Waals surface area contributed by atoms with Crippen LogP contribution < -0.4 is 11.1 Å². The maximum Gasteiger partial charge on any atom is 0.136 e. The molecule has 4 heteroatoms. The SMILES string of the molecule is CC(NCC(N=C(N)c1ccc(-c2ccc3ccccc3c2)cc1)c1ccc2ccccc2c1)c1ccc(-c2cccc3oc4ccccc4c23)cc1. The lowest BCUT2D eigenvalue weighted by Gasteiger charge is -2.20. The van der Waals surface area contributed by atoms with Gasteiger partial charge in [-0.25, -0.2) is 0 Å². The summed E-state index contributed by atoms with van der Waals surface area (Å²) in [4.78, 5) is 5.16. The quantitative estimate of drug-likeness (QED) is 0.117. The van der Waals surface area contributed by atoms with E-state index in [0.29, 0.717) is 12.4 Å². The molecule has 256 valence electrons. The van der Waals surface area contributed by atoms with E-state index >= 15 is 0 Å². The summed E-state index contributed by atoms with van der Waals surface area (Å²) in [5.74, 6) is 0.521. The summed E-state index contributed by atoms with van der Waals surface area (Å²) in [5, 5.41) is 10.9. The van der Waals surface area contributed by atoms with Crippen molar-refractivity contribution in [2.75, 3.05) is 6.54 Å². The van der Waals surface area contributed by atoms with Crippen LogP contribution in [0.5, 0.6) is 0 Å². The monoisotopic (exact) mass is 685 g/mol. The van der Waals surface area contributed by atoms with E-state index in [1.54, 1.807) is 0 Å². The summed E-state index contributed by atoms with van der Waals surface area (Å²) in [6.45, 7) is 2.83.